The number of hydrogen-bond donors (Lipinski definition) is 6. The molecule has 2 aromatic carbocycles. The minimum Gasteiger partial charge on any atom is -0.481 e. The molecule has 0 aliphatic carbocycles. The molecule has 222 valence electrons. The number of anilines is 1. The molecule has 3 atom stereocenters. The van der Waals surface area contributed by atoms with E-state index in [2.05, 4.69) is 15.3 Å². The van der Waals surface area contributed by atoms with Gasteiger partial charge in [0.25, 0.3) is 11.5 Å². The molecule has 0 fully saturated rings. The Morgan fingerprint density at radius 1 is 1.02 bits per heavy atom. The van der Waals surface area contributed by atoms with Crippen LogP contribution in [0.5, 0.6) is 0 Å². The van der Waals surface area contributed by atoms with Gasteiger partial charge < -0.3 is 36.3 Å². The molecule has 0 saturated carbocycles. The number of Topliss-reactive ketones (excluding diaryl/α,β-unsaturated/α-hetero) is 1. The number of carboxylic acid groups (broad SMARTS) is 3. The van der Waals surface area contributed by atoms with Crippen molar-refractivity contribution in [3.63, 3.8) is 0 Å². The fraction of sp³-hybridized carbons (Fsp3) is 0.321. The highest BCUT2D eigenvalue weighted by Gasteiger charge is 2.36. The molecule has 1 aromatic heterocycles. The Labute approximate surface area is 239 Å². The van der Waals surface area contributed by atoms with E-state index in [1.165, 1.54) is 12.1 Å². The first-order valence-corrected chi connectivity index (χ1v) is 12.8. The van der Waals surface area contributed by atoms with Gasteiger partial charge in [0.05, 0.1) is 16.9 Å². The predicted octanol–water partition coefficient (Wildman–Crippen LogP) is 0.903. The molecule has 1 heterocycles. The summed E-state index contributed by atoms with van der Waals surface area (Å²) < 4.78 is 0. The van der Waals surface area contributed by atoms with Crippen molar-refractivity contribution in [2.24, 2.45) is 11.7 Å². The van der Waals surface area contributed by atoms with Crippen LogP contribution in [0.25, 0.3) is 10.9 Å². The predicted molar refractivity (Wildman–Crippen MR) is 150 cm³/mol. The Balaban J connectivity index is 1.68. The number of aryl methyl sites for hydroxylation is 1. The zero-order chi connectivity index (χ0) is 31.1. The third-order valence-electron chi connectivity index (χ3n) is 6.63. The van der Waals surface area contributed by atoms with E-state index in [0.717, 1.165) is 5.56 Å². The quantitative estimate of drug-likeness (QED) is 0.146. The average molecular weight is 582 g/mol. The number of hydrogen-bond acceptors (Lipinski definition) is 9. The Kier molecular flexibility index (Phi) is 10.1. The average Bonchev–Trinajstić information content (AvgIpc) is 2.93. The highest BCUT2D eigenvalue weighted by atomic mass is 16.4. The van der Waals surface area contributed by atoms with Gasteiger partial charge in [-0.3, -0.25) is 24.0 Å². The van der Waals surface area contributed by atoms with Crippen LogP contribution in [0.1, 0.15) is 41.0 Å². The lowest BCUT2D eigenvalue weighted by Gasteiger charge is -2.21. The molecule has 0 spiro atoms. The Morgan fingerprint density at radius 2 is 1.69 bits per heavy atom. The summed E-state index contributed by atoms with van der Waals surface area (Å²) in [5, 5.41) is 30.5. The van der Waals surface area contributed by atoms with E-state index in [-0.39, 0.29) is 17.5 Å². The number of amides is 1. The van der Waals surface area contributed by atoms with Gasteiger partial charge >= 0.3 is 17.9 Å². The summed E-state index contributed by atoms with van der Waals surface area (Å²) in [6.07, 6.45) is -1.57. The van der Waals surface area contributed by atoms with Gasteiger partial charge in [-0.1, -0.05) is 6.07 Å². The number of rotatable bonds is 14. The third kappa shape index (κ3) is 7.97. The zero-order valence-corrected chi connectivity index (χ0v) is 22.9. The summed E-state index contributed by atoms with van der Waals surface area (Å²) in [5.41, 5.74) is 7.63. The van der Waals surface area contributed by atoms with Crippen LogP contribution in [0.2, 0.25) is 0 Å². The first kappa shape index (κ1) is 31.4. The van der Waals surface area contributed by atoms with Crippen molar-refractivity contribution in [2.45, 2.75) is 44.8 Å². The van der Waals surface area contributed by atoms with Crippen molar-refractivity contribution in [1.29, 1.82) is 0 Å². The van der Waals surface area contributed by atoms with Gasteiger partial charge in [0.2, 0.25) is 0 Å². The van der Waals surface area contributed by atoms with Crippen LogP contribution in [0.4, 0.5) is 5.69 Å². The molecule has 1 unspecified atom stereocenters. The zero-order valence-electron chi connectivity index (χ0n) is 22.9. The number of fused-ring (bicyclic) bond motifs is 1. The number of aromatic nitrogens is 2. The Hall–Kier alpha value is -5.11. The molecule has 0 aliphatic rings. The second-order valence-electron chi connectivity index (χ2n) is 9.84. The van der Waals surface area contributed by atoms with Crippen LogP contribution in [0.15, 0.2) is 47.3 Å². The second kappa shape index (κ2) is 13.5. The van der Waals surface area contributed by atoms with Crippen molar-refractivity contribution in [3.05, 3.63) is 69.8 Å². The van der Waals surface area contributed by atoms with E-state index < -0.39 is 60.4 Å². The fourth-order valence-corrected chi connectivity index (χ4v) is 4.35. The number of H-pyrrole nitrogens is 1. The van der Waals surface area contributed by atoms with E-state index in [1.54, 1.807) is 31.2 Å². The SMILES string of the molecule is Cc1nc2ccc(CN(C)c3ccc(C(=O)N[C@H](CC(C(=O)O)C(=O)[C@H](N)CCC(=O)O)C(=O)O)cc3)cc2c(=O)[nH]1. The van der Waals surface area contributed by atoms with E-state index >= 15 is 0 Å². The largest absolute Gasteiger partial charge is 0.481 e. The van der Waals surface area contributed by atoms with E-state index in [9.17, 15) is 39.0 Å². The van der Waals surface area contributed by atoms with Gasteiger partial charge in [-0.25, -0.2) is 9.78 Å². The van der Waals surface area contributed by atoms with Crippen LogP contribution in [0.3, 0.4) is 0 Å². The number of nitrogens with two attached hydrogens (primary N) is 1. The molecule has 3 aromatic rings. The summed E-state index contributed by atoms with van der Waals surface area (Å²) in [6.45, 7) is 2.13. The van der Waals surface area contributed by atoms with Crippen LogP contribution < -0.4 is 21.5 Å². The molecule has 0 radical (unpaired) electrons. The Bertz CT molecular complexity index is 1570. The van der Waals surface area contributed by atoms with E-state index in [0.29, 0.717) is 29.0 Å². The second-order valence-corrected chi connectivity index (χ2v) is 9.84. The minimum absolute atomic E-state index is 0.0912. The van der Waals surface area contributed by atoms with E-state index in [1.807, 2.05) is 18.0 Å². The molecule has 42 heavy (non-hydrogen) atoms. The van der Waals surface area contributed by atoms with Crippen molar-refractivity contribution >= 4 is 46.2 Å². The van der Waals surface area contributed by atoms with Crippen molar-refractivity contribution in [3.8, 4) is 0 Å². The topological polar surface area (TPSA) is 233 Å². The highest BCUT2D eigenvalue weighted by molar-refractivity contribution is 6.02. The maximum atomic E-state index is 12.8. The summed E-state index contributed by atoms with van der Waals surface area (Å²) in [4.78, 5) is 80.7. The smallest absolute Gasteiger partial charge is 0.326 e. The number of benzene rings is 2. The van der Waals surface area contributed by atoms with Crippen LogP contribution in [0, 0.1) is 12.8 Å². The summed E-state index contributed by atoms with van der Waals surface area (Å²) in [7, 11) is 1.81. The first-order chi connectivity index (χ1) is 19.8. The maximum Gasteiger partial charge on any atom is 0.326 e. The van der Waals surface area contributed by atoms with Gasteiger partial charge in [0.15, 0.2) is 5.78 Å². The molecule has 14 heteroatoms. The van der Waals surface area contributed by atoms with Gasteiger partial charge in [0.1, 0.15) is 17.8 Å². The molecule has 0 aliphatic heterocycles. The molecule has 0 bridgehead atoms. The summed E-state index contributed by atoms with van der Waals surface area (Å²) in [5.74, 6) is -7.60. The molecule has 0 saturated heterocycles. The number of carbonyl (C=O) groups excluding carboxylic acids is 2. The maximum absolute atomic E-state index is 12.8. The molecular weight excluding hydrogens is 550 g/mol. The molecule has 1 amide bonds. The van der Waals surface area contributed by atoms with Crippen molar-refractivity contribution in [1.82, 2.24) is 15.3 Å². The normalized spacial score (nSPS) is 13.1. The molecule has 14 nitrogen and oxygen atoms in total. The van der Waals surface area contributed by atoms with Gasteiger partial charge in [-0.15, -0.1) is 0 Å². The van der Waals surface area contributed by atoms with Gasteiger partial charge in [-0.05, 0) is 61.7 Å². The lowest BCUT2D eigenvalue weighted by Crippen LogP contribution is -2.47. The highest BCUT2D eigenvalue weighted by Crippen LogP contribution is 2.19. The fourth-order valence-electron chi connectivity index (χ4n) is 4.35. The third-order valence-corrected chi connectivity index (χ3v) is 6.63. The summed E-state index contributed by atoms with van der Waals surface area (Å²) >= 11 is 0. The number of nitrogens with one attached hydrogen (secondary N) is 2. The van der Waals surface area contributed by atoms with Gasteiger partial charge in [-0.2, -0.15) is 0 Å². The van der Waals surface area contributed by atoms with Gasteiger partial charge in [0, 0.05) is 31.3 Å². The minimum atomic E-state index is -1.86. The monoisotopic (exact) mass is 581 g/mol. The number of carboxylic acids is 3. The number of aliphatic carboxylic acids is 3. The standard InChI is InChI=1S/C28H31N5O9/c1-14-30-21-9-3-15(11-18(21)26(38)31-14)13-33(2)17-6-4-16(5-7-17)25(37)32-22(28(41)42)12-19(27(39)40)24(36)20(29)8-10-23(34)35/h3-7,9,11,19-20,22H,8,10,12-13,29H2,1-2H3,(H,32,37)(H,34,35)(H,39,40)(H,41,42)(H,30,31,38)/t19?,20-,22-/m1/s1. The number of nitrogens with zero attached hydrogens (tertiary/aromatic N) is 2. The lowest BCUT2D eigenvalue weighted by molar-refractivity contribution is -0.148. The Morgan fingerprint density at radius 3 is 2.29 bits per heavy atom. The van der Waals surface area contributed by atoms with E-state index in [4.69, 9.17) is 10.8 Å². The number of aromatic amines is 1. The van der Waals surface area contributed by atoms with Crippen LogP contribution in [-0.2, 0) is 25.7 Å². The number of ketones is 1. The molecule has 7 N–H and O–H groups in total. The first-order valence-electron chi connectivity index (χ1n) is 12.8. The molecular formula is C28H31N5O9. The number of carbonyl (C=O) groups is 5. The van der Waals surface area contributed by atoms with Crippen LogP contribution >= 0.6 is 0 Å². The van der Waals surface area contributed by atoms with Crippen LogP contribution in [-0.4, -0.2) is 74.0 Å². The lowest BCUT2D eigenvalue weighted by atomic mass is 9.90. The van der Waals surface area contributed by atoms with Crippen molar-refractivity contribution < 1.29 is 39.3 Å². The van der Waals surface area contributed by atoms with Crippen molar-refractivity contribution in [2.75, 3.05) is 11.9 Å². The molecule has 3 rings (SSSR count). The summed E-state index contributed by atoms with van der Waals surface area (Å²) in [6, 6.07) is 8.40.